The van der Waals surface area contributed by atoms with E-state index >= 15 is 0 Å². The van der Waals surface area contributed by atoms with E-state index in [1.807, 2.05) is 7.05 Å². The van der Waals surface area contributed by atoms with Gasteiger partial charge in [0.25, 0.3) is 0 Å². The highest BCUT2D eigenvalue weighted by atomic mass is 32.2. The molecule has 0 atom stereocenters. The largest absolute Gasteiger partial charge is 0.319 e. The first-order valence-electron chi connectivity index (χ1n) is 7.39. The van der Waals surface area contributed by atoms with Crippen molar-refractivity contribution in [2.45, 2.75) is 13.0 Å². The number of likely N-dealkylation sites (N-methyl/N-ethyl adjacent to an activating group) is 1. The van der Waals surface area contributed by atoms with Gasteiger partial charge in [-0.25, -0.2) is 8.42 Å². The standard InChI is InChI=1S/C15H25N3O2S/c1-16-8-7-14-3-5-15(6-4-14)13-17-9-11-18(12-10-17)21(2,19)20/h3-6,16H,7-13H2,1-2H3. The number of piperazine rings is 1. The number of benzene rings is 1. The molecule has 1 N–H and O–H groups in total. The zero-order valence-corrected chi connectivity index (χ0v) is 13.7. The summed E-state index contributed by atoms with van der Waals surface area (Å²) in [5.74, 6) is 0. The summed E-state index contributed by atoms with van der Waals surface area (Å²) in [5, 5.41) is 3.15. The van der Waals surface area contributed by atoms with Crippen LogP contribution in [-0.2, 0) is 23.0 Å². The van der Waals surface area contributed by atoms with E-state index in [0.717, 1.165) is 32.6 Å². The molecular formula is C15H25N3O2S. The SMILES string of the molecule is CNCCc1ccc(CN2CCN(S(C)(=O)=O)CC2)cc1. The van der Waals surface area contributed by atoms with Crippen molar-refractivity contribution in [2.24, 2.45) is 0 Å². The lowest BCUT2D eigenvalue weighted by molar-refractivity contribution is 0.182. The lowest BCUT2D eigenvalue weighted by Gasteiger charge is -2.33. The van der Waals surface area contributed by atoms with Crippen LogP contribution in [0.2, 0.25) is 0 Å². The molecule has 0 aliphatic carbocycles. The number of sulfonamides is 1. The summed E-state index contributed by atoms with van der Waals surface area (Å²) in [6.45, 7) is 4.68. The molecule has 0 spiro atoms. The lowest BCUT2D eigenvalue weighted by atomic mass is 10.1. The number of hydrogen-bond donors (Lipinski definition) is 1. The topological polar surface area (TPSA) is 52.6 Å². The van der Waals surface area contributed by atoms with Crippen LogP contribution in [0.4, 0.5) is 0 Å². The summed E-state index contributed by atoms with van der Waals surface area (Å²) in [6, 6.07) is 8.71. The van der Waals surface area contributed by atoms with Crippen molar-refractivity contribution >= 4 is 10.0 Å². The molecule has 1 aromatic rings. The van der Waals surface area contributed by atoms with Crippen molar-refractivity contribution < 1.29 is 8.42 Å². The van der Waals surface area contributed by atoms with Crippen LogP contribution >= 0.6 is 0 Å². The third-order valence-electron chi connectivity index (χ3n) is 3.89. The fourth-order valence-corrected chi connectivity index (χ4v) is 3.38. The summed E-state index contributed by atoms with van der Waals surface area (Å²) >= 11 is 0. The van der Waals surface area contributed by atoms with E-state index in [1.54, 1.807) is 4.31 Å². The van der Waals surface area contributed by atoms with Gasteiger partial charge in [0.15, 0.2) is 0 Å². The van der Waals surface area contributed by atoms with Gasteiger partial charge in [-0.15, -0.1) is 0 Å². The molecule has 0 amide bonds. The highest BCUT2D eigenvalue weighted by Gasteiger charge is 2.23. The van der Waals surface area contributed by atoms with E-state index in [0.29, 0.717) is 13.1 Å². The molecule has 2 rings (SSSR count). The Balaban J connectivity index is 1.83. The number of hydrogen-bond acceptors (Lipinski definition) is 4. The highest BCUT2D eigenvalue weighted by molar-refractivity contribution is 7.88. The van der Waals surface area contributed by atoms with E-state index in [9.17, 15) is 8.42 Å². The van der Waals surface area contributed by atoms with Crippen molar-refractivity contribution in [3.05, 3.63) is 35.4 Å². The second-order valence-electron chi connectivity index (χ2n) is 5.61. The summed E-state index contributed by atoms with van der Waals surface area (Å²) < 4.78 is 24.5. The molecule has 0 aromatic heterocycles. The normalized spacial score (nSPS) is 18.0. The molecule has 1 aliphatic heterocycles. The minimum absolute atomic E-state index is 0.596. The van der Waals surface area contributed by atoms with Crippen molar-refractivity contribution in [3.8, 4) is 0 Å². The smallest absolute Gasteiger partial charge is 0.211 e. The summed E-state index contributed by atoms with van der Waals surface area (Å²) in [7, 11) is -1.07. The third-order valence-corrected chi connectivity index (χ3v) is 5.20. The van der Waals surface area contributed by atoms with E-state index in [1.165, 1.54) is 17.4 Å². The molecule has 0 bridgehead atoms. The summed E-state index contributed by atoms with van der Waals surface area (Å²) in [5.41, 5.74) is 2.63. The van der Waals surface area contributed by atoms with Gasteiger partial charge in [-0.1, -0.05) is 24.3 Å². The van der Waals surface area contributed by atoms with Gasteiger partial charge < -0.3 is 5.32 Å². The number of nitrogens with zero attached hydrogens (tertiary/aromatic N) is 2. The Morgan fingerprint density at radius 3 is 2.14 bits per heavy atom. The van der Waals surface area contributed by atoms with Gasteiger partial charge in [0.2, 0.25) is 10.0 Å². The Kier molecular flexibility index (Phi) is 5.75. The van der Waals surface area contributed by atoms with Crippen molar-refractivity contribution in [1.29, 1.82) is 0 Å². The third kappa shape index (κ3) is 5.07. The van der Waals surface area contributed by atoms with Crippen molar-refractivity contribution in [1.82, 2.24) is 14.5 Å². The van der Waals surface area contributed by atoms with Gasteiger partial charge >= 0.3 is 0 Å². The molecule has 5 nitrogen and oxygen atoms in total. The van der Waals surface area contributed by atoms with E-state index in [2.05, 4.69) is 34.5 Å². The number of nitrogens with one attached hydrogen (secondary N) is 1. The second-order valence-corrected chi connectivity index (χ2v) is 7.59. The summed E-state index contributed by atoms with van der Waals surface area (Å²) in [4.78, 5) is 2.31. The predicted octanol–water partition coefficient (Wildman–Crippen LogP) is 0.526. The van der Waals surface area contributed by atoms with Crippen LogP contribution in [-0.4, -0.2) is 63.7 Å². The van der Waals surface area contributed by atoms with Crippen LogP contribution in [0.25, 0.3) is 0 Å². The highest BCUT2D eigenvalue weighted by Crippen LogP contribution is 2.12. The van der Waals surface area contributed by atoms with E-state index in [4.69, 9.17) is 0 Å². The van der Waals surface area contributed by atoms with Crippen LogP contribution in [0.3, 0.4) is 0 Å². The lowest BCUT2D eigenvalue weighted by Crippen LogP contribution is -2.47. The molecular weight excluding hydrogens is 286 g/mol. The molecule has 0 saturated carbocycles. The average Bonchev–Trinajstić information content (AvgIpc) is 2.46. The van der Waals surface area contributed by atoms with E-state index in [-0.39, 0.29) is 0 Å². The van der Waals surface area contributed by atoms with E-state index < -0.39 is 10.0 Å². The fourth-order valence-electron chi connectivity index (χ4n) is 2.56. The first-order valence-corrected chi connectivity index (χ1v) is 9.24. The molecule has 1 aromatic carbocycles. The first-order chi connectivity index (χ1) is 9.99. The second kappa shape index (κ2) is 7.35. The van der Waals surface area contributed by atoms with Crippen molar-refractivity contribution in [2.75, 3.05) is 46.0 Å². The Morgan fingerprint density at radius 2 is 1.62 bits per heavy atom. The Hall–Kier alpha value is -0.950. The van der Waals surface area contributed by atoms with Crippen LogP contribution in [0.5, 0.6) is 0 Å². The summed E-state index contributed by atoms with van der Waals surface area (Å²) in [6.07, 6.45) is 2.33. The fraction of sp³-hybridized carbons (Fsp3) is 0.600. The average molecular weight is 311 g/mol. The monoisotopic (exact) mass is 311 g/mol. The molecule has 1 fully saturated rings. The molecule has 1 saturated heterocycles. The van der Waals surface area contributed by atoms with Crippen LogP contribution in [0, 0.1) is 0 Å². The minimum atomic E-state index is -3.04. The maximum absolute atomic E-state index is 11.5. The van der Waals surface area contributed by atoms with Gasteiger partial charge in [0.1, 0.15) is 0 Å². The predicted molar refractivity (Wildman–Crippen MR) is 85.8 cm³/mol. The van der Waals surface area contributed by atoms with Gasteiger partial charge in [0, 0.05) is 32.7 Å². The molecule has 0 unspecified atom stereocenters. The van der Waals surface area contributed by atoms with Crippen LogP contribution < -0.4 is 5.32 Å². The maximum Gasteiger partial charge on any atom is 0.211 e. The molecule has 1 heterocycles. The van der Waals surface area contributed by atoms with Crippen molar-refractivity contribution in [3.63, 3.8) is 0 Å². The Morgan fingerprint density at radius 1 is 1.05 bits per heavy atom. The molecule has 21 heavy (non-hydrogen) atoms. The van der Waals surface area contributed by atoms with Gasteiger partial charge in [-0.05, 0) is 31.1 Å². The number of rotatable bonds is 6. The van der Waals surface area contributed by atoms with Crippen LogP contribution in [0.1, 0.15) is 11.1 Å². The quantitative estimate of drug-likeness (QED) is 0.832. The van der Waals surface area contributed by atoms with Gasteiger partial charge in [-0.3, -0.25) is 4.90 Å². The first kappa shape index (κ1) is 16.4. The molecule has 6 heteroatoms. The Labute approximate surface area is 128 Å². The van der Waals surface area contributed by atoms with Gasteiger partial charge in [0.05, 0.1) is 6.26 Å². The zero-order chi connectivity index (χ0) is 15.3. The Bertz CT molecular complexity index is 535. The maximum atomic E-state index is 11.5. The van der Waals surface area contributed by atoms with Crippen LogP contribution in [0.15, 0.2) is 24.3 Å². The molecule has 1 aliphatic rings. The minimum Gasteiger partial charge on any atom is -0.319 e. The van der Waals surface area contributed by atoms with Gasteiger partial charge in [-0.2, -0.15) is 4.31 Å². The molecule has 0 radical (unpaired) electrons. The molecule has 118 valence electrons. The zero-order valence-electron chi connectivity index (χ0n) is 12.9.